The smallest absolute Gasteiger partial charge is 0.250 e. The molecule has 0 amide bonds. The first-order valence-corrected chi connectivity index (χ1v) is 16.0. The first kappa shape index (κ1) is 25.4. The summed E-state index contributed by atoms with van der Waals surface area (Å²) in [7, 11) is -1.96. The van der Waals surface area contributed by atoms with Crippen molar-refractivity contribution in [3.05, 3.63) is 34.9 Å². The summed E-state index contributed by atoms with van der Waals surface area (Å²) in [5.41, 5.74) is 4.05. The van der Waals surface area contributed by atoms with Crippen LogP contribution in [0.1, 0.15) is 110 Å². The summed E-state index contributed by atoms with van der Waals surface area (Å²) in [6.45, 7) is 20.9. The minimum atomic E-state index is -1.96. The van der Waals surface area contributed by atoms with Gasteiger partial charge in [0.2, 0.25) is 8.32 Å². The van der Waals surface area contributed by atoms with Gasteiger partial charge in [0, 0.05) is 17.4 Å². The van der Waals surface area contributed by atoms with E-state index in [1.165, 1.54) is 61.6 Å². The first-order chi connectivity index (χ1) is 14.9. The van der Waals surface area contributed by atoms with Gasteiger partial charge in [-0.05, 0) is 82.3 Å². The number of rotatable bonds is 8. The summed E-state index contributed by atoms with van der Waals surface area (Å²) < 4.78 is 13.8. The zero-order chi connectivity index (χ0) is 23.7. The van der Waals surface area contributed by atoms with Crippen molar-refractivity contribution in [2.75, 3.05) is 0 Å². The van der Waals surface area contributed by atoms with E-state index in [-0.39, 0.29) is 10.6 Å². The van der Waals surface area contributed by atoms with Gasteiger partial charge < -0.3 is 9.16 Å². The summed E-state index contributed by atoms with van der Waals surface area (Å²) in [4.78, 5) is 0. The molecule has 0 saturated heterocycles. The molecule has 32 heavy (non-hydrogen) atoms. The lowest BCUT2D eigenvalue weighted by atomic mass is 9.68. The van der Waals surface area contributed by atoms with Gasteiger partial charge in [0.15, 0.2) is 0 Å². The van der Waals surface area contributed by atoms with Gasteiger partial charge in [-0.15, -0.1) is 0 Å². The highest BCUT2D eigenvalue weighted by Gasteiger charge is 2.47. The second-order valence-electron chi connectivity index (χ2n) is 12.4. The third-order valence-electron chi connectivity index (χ3n) is 8.25. The van der Waals surface area contributed by atoms with Gasteiger partial charge in [-0.1, -0.05) is 65.0 Å². The molecule has 0 spiro atoms. The molecule has 3 rings (SSSR count). The molecule has 1 heterocycles. The molecule has 1 aromatic carbocycles. The van der Waals surface area contributed by atoms with Crippen molar-refractivity contribution in [3.8, 4) is 11.5 Å². The van der Waals surface area contributed by atoms with Crippen molar-refractivity contribution in [2.45, 2.75) is 129 Å². The molecule has 1 aliphatic carbocycles. The Bertz CT molecular complexity index is 828. The van der Waals surface area contributed by atoms with Gasteiger partial charge in [-0.25, -0.2) is 0 Å². The van der Waals surface area contributed by atoms with E-state index < -0.39 is 8.32 Å². The number of allylic oxidation sites excluding steroid dienone is 2. The van der Waals surface area contributed by atoms with E-state index in [9.17, 15) is 0 Å². The molecule has 2 aliphatic rings. The van der Waals surface area contributed by atoms with Crippen LogP contribution < -0.4 is 9.16 Å². The topological polar surface area (TPSA) is 18.5 Å². The Morgan fingerprint density at radius 3 is 2.44 bits per heavy atom. The molecular formula is C29H48O2Si. The van der Waals surface area contributed by atoms with Gasteiger partial charge >= 0.3 is 0 Å². The van der Waals surface area contributed by atoms with Crippen LogP contribution in [0.4, 0.5) is 0 Å². The minimum absolute atomic E-state index is 0.150. The van der Waals surface area contributed by atoms with Crippen molar-refractivity contribution in [1.29, 1.82) is 0 Å². The van der Waals surface area contributed by atoms with E-state index in [1.807, 2.05) is 0 Å². The van der Waals surface area contributed by atoms with Crippen LogP contribution in [0.25, 0.3) is 0 Å². The molecule has 3 heteroatoms. The Morgan fingerprint density at radius 1 is 1.09 bits per heavy atom. The van der Waals surface area contributed by atoms with E-state index in [4.69, 9.17) is 9.16 Å². The zero-order valence-electron chi connectivity index (χ0n) is 22.4. The molecule has 2 atom stereocenters. The van der Waals surface area contributed by atoms with Crippen LogP contribution in [0, 0.1) is 5.92 Å². The maximum absolute atomic E-state index is 7.03. The number of fused-ring (bicyclic) bond motifs is 3. The standard InChI is InChI=1S/C29H48O2Si/c1-10-11-12-13-14-15-22-19-25-27(26(20-22)31-32(8,9)28(3,4)5)23-18-21(2)16-17-24(23)29(6,7)30-25/h18-20,23-24H,10-17H2,1-9H3/t23?,24-/m0/s1. The highest BCUT2D eigenvalue weighted by molar-refractivity contribution is 6.74. The van der Waals surface area contributed by atoms with Crippen LogP contribution in [0.2, 0.25) is 18.1 Å². The summed E-state index contributed by atoms with van der Waals surface area (Å²) in [6, 6.07) is 4.71. The fourth-order valence-corrected chi connectivity index (χ4v) is 6.17. The highest BCUT2D eigenvalue weighted by atomic mass is 28.4. The fourth-order valence-electron chi connectivity index (χ4n) is 5.15. The summed E-state index contributed by atoms with van der Waals surface area (Å²) in [6.07, 6.45) is 12.5. The second-order valence-corrected chi connectivity index (χ2v) is 17.1. The summed E-state index contributed by atoms with van der Waals surface area (Å²) in [5.74, 6) is 3.07. The van der Waals surface area contributed by atoms with E-state index in [0.717, 1.165) is 17.9 Å². The molecule has 180 valence electrons. The number of unbranched alkanes of at least 4 members (excludes halogenated alkanes) is 4. The lowest BCUT2D eigenvalue weighted by molar-refractivity contribution is 0.0110. The quantitative estimate of drug-likeness (QED) is 0.220. The van der Waals surface area contributed by atoms with Gasteiger partial charge in [-0.2, -0.15) is 0 Å². The Labute approximate surface area is 199 Å². The third kappa shape index (κ3) is 5.46. The molecule has 0 saturated carbocycles. The number of benzene rings is 1. The lowest BCUT2D eigenvalue weighted by Crippen LogP contribution is -2.47. The number of hydrogen-bond acceptors (Lipinski definition) is 2. The normalized spacial score (nSPS) is 22.5. The van der Waals surface area contributed by atoms with E-state index in [0.29, 0.717) is 11.8 Å². The average molecular weight is 457 g/mol. The Balaban J connectivity index is 2.03. The van der Waals surface area contributed by atoms with Crippen LogP contribution in [-0.2, 0) is 6.42 Å². The average Bonchev–Trinajstić information content (AvgIpc) is 2.65. The van der Waals surface area contributed by atoms with Crippen LogP contribution in [0.5, 0.6) is 11.5 Å². The maximum Gasteiger partial charge on any atom is 0.250 e. The number of hydrogen-bond donors (Lipinski definition) is 0. The van der Waals surface area contributed by atoms with E-state index in [2.05, 4.69) is 79.8 Å². The highest BCUT2D eigenvalue weighted by Crippen LogP contribution is 2.54. The molecule has 1 aliphatic heterocycles. The van der Waals surface area contributed by atoms with Crippen LogP contribution in [0.15, 0.2) is 23.8 Å². The van der Waals surface area contributed by atoms with E-state index >= 15 is 0 Å². The molecule has 1 aromatic rings. The largest absolute Gasteiger partial charge is 0.543 e. The fraction of sp³-hybridized carbons (Fsp3) is 0.724. The molecule has 2 nitrogen and oxygen atoms in total. The monoisotopic (exact) mass is 456 g/mol. The summed E-state index contributed by atoms with van der Waals surface area (Å²) >= 11 is 0. The third-order valence-corrected chi connectivity index (χ3v) is 12.6. The van der Waals surface area contributed by atoms with Gasteiger partial charge in [-0.3, -0.25) is 0 Å². The molecule has 0 bridgehead atoms. The van der Waals surface area contributed by atoms with E-state index in [1.54, 1.807) is 0 Å². The molecule has 0 N–H and O–H groups in total. The van der Waals surface area contributed by atoms with Crippen LogP contribution in [0.3, 0.4) is 0 Å². The Hall–Kier alpha value is -1.22. The lowest BCUT2D eigenvalue weighted by Gasteiger charge is -2.47. The molecular weight excluding hydrogens is 408 g/mol. The van der Waals surface area contributed by atoms with Crippen LogP contribution in [-0.4, -0.2) is 13.9 Å². The molecule has 0 aromatic heterocycles. The van der Waals surface area contributed by atoms with Gasteiger partial charge in [0.1, 0.15) is 17.1 Å². The Morgan fingerprint density at radius 2 is 1.78 bits per heavy atom. The number of ether oxygens (including phenoxy) is 1. The molecule has 0 radical (unpaired) electrons. The molecule has 0 fully saturated rings. The van der Waals surface area contributed by atoms with Crippen LogP contribution >= 0.6 is 0 Å². The number of aryl methyl sites for hydroxylation is 1. The zero-order valence-corrected chi connectivity index (χ0v) is 23.4. The van der Waals surface area contributed by atoms with Crippen molar-refractivity contribution in [1.82, 2.24) is 0 Å². The van der Waals surface area contributed by atoms with Crippen molar-refractivity contribution in [2.24, 2.45) is 5.92 Å². The summed E-state index contributed by atoms with van der Waals surface area (Å²) in [5, 5.41) is 0.169. The first-order valence-electron chi connectivity index (χ1n) is 13.1. The van der Waals surface area contributed by atoms with Gasteiger partial charge in [0.05, 0.1) is 0 Å². The minimum Gasteiger partial charge on any atom is -0.543 e. The van der Waals surface area contributed by atoms with Gasteiger partial charge in [0.25, 0.3) is 0 Å². The SMILES string of the molecule is CCCCCCCc1cc2c(c(O[Si](C)(C)C(C)(C)C)c1)C1C=C(C)CC[C@@H]1C(C)(C)O2. The second kappa shape index (κ2) is 9.56. The predicted molar refractivity (Wildman–Crippen MR) is 141 cm³/mol. The van der Waals surface area contributed by atoms with Crippen molar-refractivity contribution in [3.63, 3.8) is 0 Å². The molecule has 1 unspecified atom stereocenters. The maximum atomic E-state index is 7.03. The predicted octanol–water partition coefficient (Wildman–Crippen LogP) is 9.19. The van der Waals surface area contributed by atoms with Crippen molar-refractivity contribution >= 4 is 8.32 Å². The Kier molecular flexibility index (Phi) is 7.59. The van der Waals surface area contributed by atoms with Crippen molar-refractivity contribution < 1.29 is 9.16 Å².